The average Bonchev–Trinajstić information content (AvgIpc) is 2.98. The maximum Gasteiger partial charge on any atom is 0.163 e. The number of ether oxygens (including phenoxy) is 2. The van der Waals surface area contributed by atoms with Gasteiger partial charge in [-0.05, 0) is 17.7 Å². The summed E-state index contributed by atoms with van der Waals surface area (Å²) in [7, 11) is 1.63. The van der Waals surface area contributed by atoms with E-state index in [1.165, 1.54) is 0 Å². The Balaban J connectivity index is 1.78. The van der Waals surface area contributed by atoms with Crippen molar-refractivity contribution < 1.29 is 9.47 Å². The maximum absolute atomic E-state index is 6.25. The summed E-state index contributed by atoms with van der Waals surface area (Å²) in [5.74, 6) is 1.35. The molecule has 0 unspecified atom stereocenters. The standard InChI is InChI=1S/C19H15ClN2O2/c1-23-16-9-13-15(22-14-7-8-21-19(20)18(13)14)10-17(16)24-11-12-5-3-2-4-6-12/h2-10,22H,11H2,1H3. The van der Waals surface area contributed by atoms with Crippen molar-refractivity contribution in [2.45, 2.75) is 6.61 Å². The second-order valence-corrected chi connectivity index (χ2v) is 5.83. The van der Waals surface area contributed by atoms with Crippen molar-refractivity contribution in [3.63, 3.8) is 0 Å². The van der Waals surface area contributed by atoms with Crippen LogP contribution in [0.3, 0.4) is 0 Å². The quantitative estimate of drug-likeness (QED) is 0.535. The molecule has 4 nitrogen and oxygen atoms in total. The van der Waals surface area contributed by atoms with Gasteiger partial charge in [0, 0.05) is 23.0 Å². The molecule has 0 aliphatic rings. The summed E-state index contributed by atoms with van der Waals surface area (Å²) in [5.41, 5.74) is 2.97. The van der Waals surface area contributed by atoms with E-state index < -0.39 is 0 Å². The Bertz CT molecular complexity index is 1010. The van der Waals surface area contributed by atoms with Crippen LogP contribution in [0.15, 0.2) is 54.7 Å². The fourth-order valence-corrected chi connectivity index (χ4v) is 3.08. The largest absolute Gasteiger partial charge is 0.493 e. The third-order valence-corrected chi connectivity index (χ3v) is 4.27. The number of hydrogen-bond donors (Lipinski definition) is 1. The average molecular weight is 339 g/mol. The van der Waals surface area contributed by atoms with Crippen molar-refractivity contribution in [1.29, 1.82) is 0 Å². The van der Waals surface area contributed by atoms with Gasteiger partial charge < -0.3 is 14.5 Å². The van der Waals surface area contributed by atoms with Crippen molar-refractivity contribution in [1.82, 2.24) is 9.97 Å². The molecular weight excluding hydrogens is 324 g/mol. The van der Waals surface area contributed by atoms with Crippen molar-refractivity contribution in [2.75, 3.05) is 7.11 Å². The van der Waals surface area contributed by atoms with Gasteiger partial charge in [-0.2, -0.15) is 0 Å². The minimum absolute atomic E-state index is 0.471. The van der Waals surface area contributed by atoms with E-state index in [1.807, 2.05) is 48.5 Å². The van der Waals surface area contributed by atoms with Crippen LogP contribution in [-0.2, 0) is 6.61 Å². The lowest BCUT2D eigenvalue weighted by atomic mass is 10.2. The first-order chi connectivity index (χ1) is 11.8. The first-order valence-corrected chi connectivity index (χ1v) is 7.94. The summed E-state index contributed by atoms with van der Waals surface area (Å²) in [6, 6.07) is 15.8. The monoisotopic (exact) mass is 338 g/mol. The molecule has 0 amide bonds. The Labute approximate surface area is 144 Å². The first kappa shape index (κ1) is 14.8. The topological polar surface area (TPSA) is 47.1 Å². The molecule has 2 heterocycles. The summed E-state index contributed by atoms with van der Waals surface area (Å²) in [4.78, 5) is 7.51. The molecule has 120 valence electrons. The predicted octanol–water partition coefficient (Wildman–Crippen LogP) is 4.96. The van der Waals surface area contributed by atoms with Crippen molar-refractivity contribution in [2.24, 2.45) is 0 Å². The van der Waals surface area contributed by atoms with Gasteiger partial charge in [0.15, 0.2) is 11.5 Å². The number of rotatable bonds is 4. The van der Waals surface area contributed by atoms with Gasteiger partial charge in [0.2, 0.25) is 0 Å². The number of pyridine rings is 1. The van der Waals surface area contributed by atoms with Crippen LogP contribution < -0.4 is 9.47 Å². The van der Waals surface area contributed by atoms with E-state index in [1.54, 1.807) is 13.3 Å². The molecule has 0 bridgehead atoms. The van der Waals surface area contributed by atoms with E-state index in [0.717, 1.165) is 27.4 Å². The zero-order valence-electron chi connectivity index (χ0n) is 13.0. The third kappa shape index (κ3) is 2.55. The Kier molecular flexibility index (Phi) is 3.75. The van der Waals surface area contributed by atoms with Crippen LogP contribution in [0, 0.1) is 0 Å². The molecule has 5 heteroatoms. The van der Waals surface area contributed by atoms with Crippen molar-refractivity contribution in [3.05, 3.63) is 65.4 Å². The lowest BCUT2D eigenvalue weighted by Gasteiger charge is -2.11. The number of benzene rings is 2. The van der Waals surface area contributed by atoms with E-state index in [4.69, 9.17) is 21.1 Å². The number of aromatic nitrogens is 2. The molecule has 4 rings (SSSR count). The molecule has 2 aromatic carbocycles. The van der Waals surface area contributed by atoms with Crippen LogP contribution >= 0.6 is 11.6 Å². The molecule has 24 heavy (non-hydrogen) atoms. The number of nitrogens with zero attached hydrogens (tertiary/aromatic N) is 1. The molecule has 0 saturated carbocycles. The van der Waals surface area contributed by atoms with Crippen LogP contribution in [0.2, 0.25) is 5.15 Å². The summed E-state index contributed by atoms with van der Waals surface area (Å²) < 4.78 is 11.5. The highest BCUT2D eigenvalue weighted by atomic mass is 35.5. The van der Waals surface area contributed by atoms with Gasteiger partial charge in [-0.1, -0.05) is 41.9 Å². The molecule has 0 saturated heterocycles. The zero-order valence-corrected chi connectivity index (χ0v) is 13.8. The molecule has 0 spiro atoms. The number of hydrogen-bond acceptors (Lipinski definition) is 3. The molecule has 0 atom stereocenters. The molecular formula is C19H15ClN2O2. The minimum atomic E-state index is 0.471. The smallest absolute Gasteiger partial charge is 0.163 e. The molecule has 4 aromatic rings. The zero-order chi connectivity index (χ0) is 16.5. The molecule has 0 aliphatic heterocycles. The van der Waals surface area contributed by atoms with Crippen LogP contribution in [0.5, 0.6) is 11.5 Å². The number of halogens is 1. The van der Waals surface area contributed by atoms with Crippen LogP contribution in [0.25, 0.3) is 21.8 Å². The lowest BCUT2D eigenvalue weighted by molar-refractivity contribution is 0.285. The molecule has 0 aliphatic carbocycles. The van der Waals surface area contributed by atoms with E-state index in [0.29, 0.717) is 23.3 Å². The highest BCUT2D eigenvalue weighted by Gasteiger charge is 2.14. The van der Waals surface area contributed by atoms with E-state index in [-0.39, 0.29) is 0 Å². The third-order valence-electron chi connectivity index (χ3n) is 3.98. The highest BCUT2D eigenvalue weighted by molar-refractivity contribution is 6.36. The molecule has 0 fully saturated rings. The first-order valence-electron chi connectivity index (χ1n) is 7.57. The fourth-order valence-electron chi connectivity index (χ4n) is 2.82. The number of aromatic amines is 1. The molecule has 0 radical (unpaired) electrons. The second-order valence-electron chi connectivity index (χ2n) is 5.47. The van der Waals surface area contributed by atoms with E-state index >= 15 is 0 Å². The van der Waals surface area contributed by atoms with E-state index in [9.17, 15) is 0 Å². The predicted molar refractivity (Wildman–Crippen MR) is 95.9 cm³/mol. The summed E-state index contributed by atoms with van der Waals surface area (Å²) in [5, 5.41) is 2.33. The van der Waals surface area contributed by atoms with Gasteiger partial charge in [0.05, 0.1) is 18.1 Å². The number of nitrogens with one attached hydrogen (secondary N) is 1. The van der Waals surface area contributed by atoms with Gasteiger partial charge in [-0.15, -0.1) is 0 Å². The highest BCUT2D eigenvalue weighted by Crippen LogP contribution is 2.38. The Hall–Kier alpha value is -2.72. The summed E-state index contributed by atoms with van der Waals surface area (Å²) in [6.45, 7) is 0.477. The van der Waals surface area contributed by atoms with Crippen LogP contribution in [0.1, 0.15) is 5.56 Å². The summed E-state index contributed by atoms with van der Waals surface area (Å²) >= 11 is 6.25. The van der Waals surface area contributed by atoms with Gasteiger partial charge in [-0.3, -0.25) is 0 Å². The van der Waals surface area contributed by atoms with Crippen LogP contribution in [0.4, 0.5) is 0 Å². The normalized spacial score (nSPS) is 11.1. The SMILES string of the molecule is COc1cc2c(cc1OCc1ccccc1)[nH]c1ccnc(Cl)c12. The molecule has 1 N–H and O–H groups in total. The Morgan fingerprint density at radius 2 is 1.88 bits per heavy atom. The van der Waals surface area contributed by atoms with Gasteiger partial charge >= 0.3 is 0 Å². The van der Waals surface area contributed by atoms with Gasteiger partial charge in [0.1, 0.15) is 11.8 Å². The maximum atomic E-state index is 6.25. The Morgan fingerprint density at radius 1 is 1.04 bits per heavy atom. The molecule has 2 aromatic heterocycles. The number of H-pyrrole nitrogens is 1. The minimum Gasteiger partial charge on any atom is -0.493 e. The van der Waals surface area contributed by atoms with Gasteiger partial charge in [0.25, 0.3) is 0 Å². The van der Waals surface area contributed by atoms with Crippen molar-refractivity contribution in [3.8, 4) is 11.5 Å². The van der Waals surface area contributed by atoms with Gasteiger partial charge in [-0.25, -0.2) is 4.98 Å². The number of methoxy groups -OCH3 is 1. The summed E-state index contributed by atoms with van der Waals surface area (Å²) in [6.07, 6.45) is 1.68. The lowest BCUT2D eigenvalue weighted by Crippen LogP contribution is -1.97. The van der Waals surface area contributed by atoms with E-state index in [2.05, 4.69) is 9.97 Å². The number of fused-ring (bicyclic) bond motifs is 3. The van der Waals surface area contributed by atoms with Crippen molar-refractivity contribution >= 4 is 33.4 Å². The fraction of sp³-hybridized carbons (Fsp3) is 0.105. The second kappa shape index (κ2) is 6.06. The Morgan fingerprint density at radius 3 is 2.67 bits per heavy atom. The van der Waals surface area contributed by atoms with Crippen LogP contribution in [-0.4, -0.2) is 17.1 Å².